The van der Waals surface area contributed by atoms with Crippen molar-refractivity contribution < 1.29 is 27.5 Å². The second kappa shape index (κ2) is 10.8. The van der Waals surface area contributed by atoms with E-state index < -0.39 is 23.8 Å². The Labute approximate surface area is 222 Å². The molecule has 0 saturated carbocycles. The van der Waals surface area contributed by atoms with Gasteiger partial charge in [0.15, 0.2) is 5.17 Å². The topological polar surface area (TPSA) is 89.5 Å². The Morgan fingerprint density at radius 2 is 1.84 bits per heavy atom. The third-order valence-electron chi connectivity index (χ3n) is 6.76. The van der Waals surface area contributed by atoms with Gasteiger partial charge in [-0.2, -0.15) is 13.2 Å². The van der Waals surface area contributed by atoms with Crippen LogP contribution in [0.3, 0.4) is 0 Å². The van der Waals surface area contributed by atoms with Crippen LogP contribution in [0, 0.1) is 5.92 Å². The van der Waals surface area contributed by atoms with Crippen LogP contribution >= 0.6 is 11.8 Å². The molecule has 202 valence electrons. The van der Waals surface area contributed by atoms with E-state index >= 15 is 0 Å². The molecule has 0 spiro atoms. The predicted octanol–water partition coefficient (Wildman–Crippen LogP) is 2.55. The number of thioether (sulfide) groups is 1. The van der Waals surface area contributed by atoms with E-state index in [1.54, 1.807) is 12.0 Å². The number of aliphatic imine (C=N–C) groups is 1. The first-order chi connectivity index (χ1) is 18.2. The summed E-state index contributed by atoms with van der Waals surface area (Å²) >= 11 is 1.06. The van der Waals surface area contributed by atoms with Crippen molar-refractivity contribution >= 4 is 40.1 Å². The van der Waals surface area contributed by atoms with Crippen molar-refractivity contribution in [1.29, 1.82) is 0 Å². The van der Waals surface area contributed by atoms with Gasteiger partial charge in [0.25, 0.3) is 0 Å². The van der Waals surface area contributed by atoms with Crippen molar-refractivity contribution in [2.24, 2.45) is 10.9 Å². The number of anilines is 2. The van der Waals surface area contributed by atoms with E-state index in [4.69, 9.17) is 4.74 Å². The van der Waals surface area contributed by atoms with E-state index in [1.165, 1.54) is 17.0 Å². The van der Waals surface area contributed by atoms with Crippen molar-refractivity contribution in [3.8, 4) is 5.75 Å². The molecule has 0 aromatic heterocycles. The highest BCUT2D eigenvalue weighted by Gasteiger charge is 2.43. The van der Waals surface area contributed by atoms with Gasteiger partial charge in [-0.15, -0.1) is 0 Å². The van der Waals surface area contributed by atoms with Gasteiger partial charge in [0.05, 0.1) is 30.0 Å². The lowest BCUT2D eigenvalue weighted by atomic mass is 10.0. The van der Waals surface area contributed by atoms with Gasteiger partial charge in [0.1, 0.15) is 11.9 Å². The normalized spacial score (nSPS) is 21.8. The maximum absolute atomic E-state index is 13.4. The van der Waals surface area contributed by atoms with Crippen LogP contribution in [0.25, 0.3) is 0 Å². The lowest BCUT2D eigenvalue weighted by Crippen LogP contribution is -2.51. The third-order valence-corrected chi connectivity index (χ3v) is 7.70. The number of fused-ring (bicyclic) bond motifs is 1. The molecule has 0 radical (unpaired) electrons. The molecule has 3 aliphatic rings. The fourth-order valence-electron chi connectivity index (χ4n) is 4.65. The fraction of sp³-hybridized carbons (Fsp3) is 0.400. The van der Waals surface area contributed by atoms with Crippen molar-refractivity contribution in [3.05, 3.63) is 54.1 Å². The average Bonchev–Trinajstić information content (AvgIpc) is 3.41. The highest BCUT2D eigenvalue weighted by molar-refractivity contribution is 8.14. The van der Waals surface area contributed by atoms with Gasteiger partial charge in [-0.3, -0.25) is 19.9 Å². The summed E-state index contributed by atoms with van der Waals surface area (Å²) in [5.41, 5.74) is 6.06. The molecule has 0 bridgehead atoms. The van der Waals surface area contributed by atoms with Gasteiger partial charge < -0.3 is 14.5 Å². The Balaban J connectivity index is 1.26. The van der Waals surface area contributed by atoms with E-state index in [0.717, 1.165) is 35.3 Å². The first-order valence-corrected chi connectivity index (χ1v) is 13.1. The molecule has 2 saturated heterocycles. The number of carbonyl (C=O) groups excluding carboxylic acids is 2. The van der Waals surface area contributed by atoms with Crippen molar-refractivity contribution in [2.75, 3.05) is 55.4 Å². The average molecular weight is 549 g/mol. The van der Waals surface area contributed by atoms with Gasteiger partial charge >= 0.3 is 6.18 Å². The lowest BCUT2D eigenvalue weighted by Gasteiger charge is -2.36. The van der Waals surface area contributed by atoms with Gasteiger partial charge in [-0.25, -0.2) is 10.4 Å². The minimum absolute atomic E-state index is 0.00886. The number of hydrazine groups is 1. The quantitative estimate of drug-likeness (QED) is 0.594. The Morgan fingerprint density at radius 3 is 2.53 bits per heavy atom. The van der Waals surface area contributed by atoms with Crippen LogP contribution in [0.15, 0.2) is 53.5 Å². The van der Waals surface area contributed by atoms with E-state index in [9.17, 15) is 22.8 Å². The molecule has 2 fully saturated rings. The SMILES string of the molecule is COc1ccc(N2CCN(C(=O)CSC3=NC4NNCC4C(=O)N3c3cccc(C(F)(F)F)c3)CC2)cc1. The molecule has 9 nitrogen and oxygen atoms in total. The van der Waals surface area contributed by atoms with Crippen LogP contribution in [-0.4, -0.2) is 73.6 Å². The summed E-state index contributed by atoms with van der Waals surface area (Å²) in [7, 11) is 1.62. The van der Waals surface area contributed by atoms with Gasteiger partial charge in [-0.1, -0.05) is 17.8 Å². The second-order valence-corrected chi connectivity index (χ2v) is 10.0. The van der Waals surface area contributed by atoms with E-state index in [0.29, 0.717) is 32.7 Å². The molecule has 2 N–H and O–H groups in total. The fourth-order valence-corrected chi connectivity index (χ4v) is 5.60. The zero-order valence-corrected chi connectivity index (χ0v) is 21.4. The number of amides is 2. The standard InChI is InChI=1S/C25H27F3N6O3S/c1-37-19-7-5-17(6-8-19)32-9-11-33(12-10-32)21(35)15-38-24-30-22-20(14-29-31-22)23(36)34(24)18-4-2-3-16(13-18)25(26,27)28/h2-8,13,20,22,29,31H,9-12,14-15H2,1H3. The number of amidine groups is 1. The zero-order valence-electron chi connectivity index (χ0n) is 20.6. The maximum atomic E-state index is 13.4. The Bertz CT molecular complexity index is 1220. The number of ether oxygens (including phenoxy) is 1. The number of piperazine rings is 1. The number of carbonyl (C=O) groups is 2. The number of halogens is 3. The van der Waals surface area contributed by atoms with Crippen LogP contribution < -0.4 is 25.4 Å². The number of methoxy groups -OCH3 is 1. The number of hydrogen-bond donors (Lipinski definition) is 2. The number of rotatable bonds is 5. The monoisotopic (exact) mass is 548 g/mol. The zero-order chi connectivity index (χ0) is 26.9. The number of benzene rings is 2. The smallest absolute Gasteiger partial charge is 0.416 e. The van der Waals surface area contributed by atoms with E-state index in [2.05, 4.69) is 20.7 Å². The summed E-state index contributed by atoms with van der Waals surface area (Å²) in [6, 6.07) is 12.3. The number of nitrogens with one attached hydrogen (secondary N) is 2. The van der Waals surface area contributed by atoms with Gasteiger partial charge in [0.2, 0.25) is 11.8 Å². The molecule has 3 aliphatic heterocycles. The molecular weight excluding hydrogens is 521 g/mol. The van der Waals surface area contributed by atoms with Crippen LogP contribution in [0.1, 0.15) is 5.56 Å². The molecule has 0 aliphatic carbocycles. The van der Waals surface area contributed by atoms with Gasteiger partial charge in [0, 0.05) is 38.4 Å². The molecule has 38 heavy (non-hydrogen) atoms. The minimum atomic E-state index is -4.55. The summed E-state index contributed by atoms with van der Waals surface area (Å²) in [5.74, 6) is -0.268. The highest BCUT2D eigenvalue weighted by atomic mass is 32.2. The third kappa shape index (κ3) is 5.45. The molecule has 3 heterocycles. The van der Waals surface area contributed by atoms with Crippen molar-refractivity contribution in [3.63, 3.8) is 0 Å². The largest absolute Gasteiger partial charge is 0.497 e. The first kappa shape index (κ1) is 26.3. The number of hydrogen-bond acceptors (Lipinski definition) is 8. The maximum Gasteiger partial charge on any atom is 0.416 e. The van der Waals surface area contributed by atoms with Crippen LogP contribution in [-0.2, 0) is 15.8 Å². The van der Waals surface area contributed by atoms with Crippen molar-refractivity contribution in [2.45, 2.75) is 12.3 Å². The summed E-state index contributed by atoms with van der Waals surface area (Å²) in [5, 5.41) is 0.192. The Kier molecular flexibility index (Phi) is 7.50. The molecular formula is C25H27F3N6O3S. The van der Waals surface area contributed by atoms with E-state index in [1.807, 2.05) is 24.3 Å². The van der Waals surface area contributed by atoms with Gasteiger partial charge in [-0.05, 0) is 42.5 Å². The highest BCUT2D eigenvalue weighted by Crippen LogP contribution is 2.35. The molecule has 2 aromatic carbocycles. The summed E-state index contributed by atoms with van der Waals surface area (Å²) in [4.78, 5) is 36.0. The molecule has 13 heteroatoms. The Hall–Kier alpha value is -3.29. The molecule has 2 aromatic rings. The number of nitrogens with zero attached hydrogens (tertiary/aromatic N) is 4. The molecule has 2 unspecified atom stereocenters. The lowest BCUT2D eigenvalue weighted by molar-refractivity contribution is -0.137. The summed E-state index contributed by atoms with van der Waals surface area (Å²) < 4.78 is 45.3. The van der Waals surface area contributed by atoms with Crippen LogP contribution in [0.4, 0.5) is 24.5 Å². The second-order valence-electron chi connectivity index (χ2n) is 9.06. The number of alkyl halides is 3. The van der Waals surface area contributed by atoms with E-state index in [-0.39, 0.29) is 28.4 Å². The predicted molar refractivity (Wildman–Crippen MR) is 139 cm³/mol. The van der Waals surface area contributed by atoms with Crippen LogP contribution in [0.5, 0.6) is 5.75 Å². The minimum Gasteiger partial charge on any atom is -0.497 e. The first-order valence-electron chi connectivity index (χ1n) is 12.1. The Morgan fingerprint density at radius 1 is 1.11 bits per heavy atom. The van der Waals surface area contributed by atoms with Crippen LogP contribution in [0.2, 0.25) is 0 Å². The van der Waals surface area contributed by atoms with Crippen molar-refractivity contribution in [1.82, 2.24) is 15.8 Å². The molecule has 5 rings (SSSR count). The molecule has 2 atom stereocenters. The summed E-state index contributed by atoms with van der Waals surface area (Å²) in [6.07, 6.45) is -5.10. The molecule has 2 amide bonds. The summed E-state index contributed by atoms with van der Waals surface area (Å²) in [6.45, 7) is 2.70.